The molecule has 0 bridgehead atoms. The maximum atomic E-state index is 12.3. The van der Waals surface area contributed by atoms with Crippen LogP contribution in [-0.2, 0) is 11.3 Å². The number of oxazole rings is 1. The second-order valence-corrected chi connectivity index (χ2v) is 4.57. The minimum Gasteiger partial charge on any atom is -0.447 e. The molecule has 0 spiro atoms. The monoisotopic (exact) mass is 237 g/mol. The molecule has 2 atom stereocenters. The largest absolute Gasteiger partial charge is 0.447 e. The summed E-state index contributed by atoms with van der Waals surface area (Å²) in [6.07, 6.45) is 5.25. The number of likely N-dealkylation sites (tertiary alicyclic amines) is 1. The third-order valence-electron chi connectivity index (χ3n) is 3.35. The Morgan fingerprint density at radius 2 is 2.47 bits per heavy atom. The van der Waals surface area contributed by atoms with E-state index >= 15 is 0 Å². The molecule has 2 unspecified atom stereocenters. The van der Waals surface area contributed by atoms with E-state index in [1.165, 1.54) is 6.26 Å². The van der Waals surface area contributed by atoms with E-state index in [9.17, 15) is 4.79 Å². The van der Waals surface area contributed by atoms with Crippen LogP contribution < -0.4 is 5.32 Å². The summed E-state index contributed by atoms with van der Waals surface area (Å²) in [5.41, 5.74) is 0. The average molecular weight is 237 g/mol. The number of amides is 1. The van der Waals surface area contributed by atoms with Crippen molar-refractivity contribution in [3.8, 4) is 0 Å². The highest BCUT2D eigenvalue weighted by molar-refractivity contribution is 5.82. The van der Waals surface area contributed by atoms with E-state index in [1.807, 2.05) is 11.9 Å². The SMILES string of the molecule is CNC1C(=O)N(Cc2ncco2)CCCC1C. The molecular formula is C12H19N3O2. The van der Waals surface area contributed by atoms with Gasteiger partial charge in [0.1, 0.15) is 6.26 Å². The van der Waals surface area contributed by atoms with Gasteiger partial charge in [-0.1, -0.05) is 6.92 Å². The van der Waals surface area contributed by atoms with Gasteiger partial charge in [0, 0.05) is 6.54 Å². The van der Waals surface area contributed by atoms with Gasteiger partial charge in [0.05, 0.1) is 18.8 Å². The van der Waals surface area contributed by atoms with Crippen LogP contribution >= 0.6 is 0 Å². The van der Waals surface area contributed by atoms with Crippen LogP contribution in [-0.4, -0.2) is 35.4 Å². The van der Waals surface area contributed by atoms with E-state index in [4.69, 9.17) is 4.42 Å². The minimum atomic E-state index is -0.0903. The summed E-state index contributed by atoms with van der Waals surface area (Å²) < 4.78 is 5.20. The molecule has 0 aliphatic carbocycles. The van der Waals surface area contributed by atoms with Crippen molar-refractivity contribution in [1.82, 2.24) is 15.2 Å². The third kappa shape index (κ3) is 2.66. The summed E-state index contributed by atoms with van der Waals surface area (Å²) in [5.74, 6) is 1.13. The van der Waals surface area contributed by atoms with Crippen LogP contribution in [0.2, 0.25) is 0 Å². The summed E-state index contributed by atoms with van der Waals surface area (Å²) in [4.78, 5) is 18.2. The molecule has 1 aliphatic rings. The van der Waals surface area contributed by atoms with Gasteiger partial charge in [0.25, 0.3) is 0 Å². The predicted molar refractivity (Wildman–Crippen MR) is 63.2 cm³/mol. The molecule has 2 heterocycles. The number of carbonyl (C=O) groups excluding carboxylic acids is 1. The Morgan fingerprint density at radius 1 is 1.65 bits per heavy atom. The zero-order valence-electron chi connectivity index (χ0n) is 10.3. The van der Waals surface area contributed by atoms with Crippen molar-refractivity contribution in [1.29, 1.82) is 0 Å². The average Bonchev–Trinajstić information content (AvgIpc) is 2.76. The van der Waals surface area contributed by atoms with E-state index in [-0.39, 0.29) is 11.9 Å². The minimum absolute atomic E-state index is 0.0903. The molecule has 5 nitrogen and oxygen atoms in total. The highest BCUT2D eigenvalue weighted by atomic mass is 16.3. The van der Waals surface area contributed by atoms with E-state index in [0.29, 0.717) is 18.4 Å². The summed E-state index contributed by atoms with van der Waals surface area (Å²) in [6, 6.07) is -0.0903. The smallest absolute Gasteiger partial charge is 0.240 e. The van der Waals surface area contributed by atoms with Crippen molar-refractivity contribution < 1.29 is 9.21 Å². The predicted octanol–water partition coefficient (Wildman–Crippen LogP) is 1.02. The molecule has 17 heavy (non-hydrogen) atoms. The molecule has 1 aliphatic heterocycles. The highest BCUT2D eigenvalue weighted by Crippen LogP contribution is 2.19. The molecule has 1 aromatic rings. The molecule has 0 aromatic carbocycles. The number of hydrogen-bond donors (Lipinski definition) is 1. The molecule has 94 valence electrons. The number of nitrogens with zero attached hydrogens (tertiary/aromatic N) is 2. The lowest BCUT2D eigenvalue weighted by Gasteiger charge is -2.24. The fourth-order valence-corrected chi connectivity index (χ4v) is 2.38. The number of rotatable bonds is 3. The maximum absolute atomic E-state index is 12.3. The fraction of sp³-hybridized carbons (Fsp3) is 0.667. The van der Waals surface area contributed by atoms with Crippen LogP contribution in [0, 0.1) is 5.92 Å². The van der Waals surface area contributed by atoms with Crippen LogP contribution in [0.5, 0.6) is 0 Å². The molecule has 1 aromatic heterocycles. The van der Waals surface area contributed by atoms with Crippen molar-refractivity contribution in [2.45, 2.75) is 32.4 Å². The van der Waals surface area contributed by atoms with Crippen molar-refractivity contribution >= 4 is 5.91 Å². The summed E-state index contributed by atoms with van der Waals surface area (Å²) >= 11 is 0. The molecular weight excluding hydrogens is 218 g/mol. The third-order valence-corrected chi connectivity index (χ3v) is 3.35. The molecule has 1 N–H and O–H groups in total. The van der Waals surface area contributed by atoms with Crippen LogP contribution in [0.1, 0.15) is 25.7 Å². The van der Waals surface area contributed by atoms with E-state index in [2.05, 4.69) is 17.2 Å². The zero-order chi connectivity index (χ0) is 12.3. The Morgan fingerprint density at radius 3 is 3.12 bits per heavy atom. The van der Waals surface area contributed by atoms with Crippen LogP contribution in [0.25, 0.3) is 0 Å². The molecule has 2 rings (SSSR count). The summed E-state index contributed by atoms with van der Waals surface area (Å²) in [7, 11) is 1.84. The normalized spacial score (nSPS) is 26.0. The summed E-state index contributed by atoms with van der Waals surface area (Å²) in [6.45, 7) is 3.37. The lowest BCUT2D eigenvalue weighted by atomic mass is 9.98. The van der Waals surface area contributed by atoms with E-state index < -0.39 is 0 Å². The quantitative estimate of drug-likeness (QED) is 0.852. The molecule has 5 heteroatoms. The Balaban J connectivity index is 2.08. The summed E-state index contributed by atoms with van der Waals surface area (Å²) in [5, 5.41) is 3.11. The van der Waals surface area contributed by atoms with Crippen molar-refractivity contribution in [3.63, 3.8) is 0 Å². The van der Waals surface area contributed by atoms with Crippen LogP contribution in [0.3, 0.4) is 0 Å². The van der Waals surface area contributed by atoms with Gasteiger partial charge in [-0.15, -0.1) is 0 Å². The molecule has 1 saturated heterocycles. The number of nitrogens with one attached hydrogen (secondary N) is 1. The first kappa shape index (κ1) is 12.1. The van der Waals surface area contributed by atoms with Gasteiger partial charge in [-0.3, -0.25) is 4.79 Å². The maximum Gasteiger partial charge on any atom is 0.240 e. The standard InChI is InChI=1S/C12H19N3O2/c1-9-4-3-6-15(12(16)11(9)13-2)8-10-14-5-7-17-10/h5,7,9,11,13H,3-4,6,8H2,1-2H3. The highest BCUT2D eigenvalue weighted by Gasteiger charge is 2.31. The zero-order valence-corrected chi connectivity index (χ0v) is 10.3. The molecule has 0 saturated carbocycles. The number of carbonyl (C=O) groups is 1. The molecule has 0 radical (unpaired) electrons. The number of aromatic nitrogens is 1. The Hall–Kier alpha value is -1.36. The fourth-order valence-electron chi connectivity index (χ4n) is 2.38. The first-order valence-electron chi connectivity index (χ1n) is 6.06. The van der Waals surface area contributed by atoms with Crippen molar-refractivity contribution in [3.05, 3.63) is 18.4 Å². The van der Waals surface area contributed by atoms with Gasteiger partial charge in [-0.05, 0) is 25.8 Å². The Labute approximate surface area is 101 Å². The lowest BCUT2D eigenvalue weighted by Crippen LogP contribution is -2.46. The second-order valence-electron chi connectivity index (χ2n) is 4.57. The van der Waals surface area contributed by atoms with Gasteiger partial charge < -0.3 is 14.6 Å². The first-order valence-corrected chi connectivity index (χ1v) is 6.06. The van der Waals surface area contributed by atoms with Gasteiger partial charge in [0.2, 0.25) is 11.8 Å². The van der Waals surface area contributed by atoms with E-state index in [1.54, 1.807) is 6.20 Å². The van der Waals surface area contributed by atoms with Crippen LogP contribution in [0.15, 0.2) is 16.9 Å². The topological polar surface area (TPSA) is 58.4 Å². The van der Waals surface area contributed by atoms with Gasteiger partial charge >= 0.3 is 0 Å². The number of likely N-dealkylation sites (N-methyl/N-ethyl adjacent to an activating group) is 1. The number of hydrogen-bond acceptors (Lipinski definition) is 4. The van der Waals surface area contributed by atoms with Gasteiger partial charge in [-0.2, -0.15) is 0 Å². The van der Waals surface area contributed by atoms with Crippen molar-refractivity contribution in [2.75, 3.05) is 13.6 Å². The first-order chi connectivity index (χ1) is 8.22. The van der Waals surface area contributed by atoms with Crippen molar-refractivity contribution in [2.24, 2.45) is 5.92 Å². The van der Waals surface area contributed by atoms with Crippen LogP contribution in [0.4, 0.5) is 0 Å². The Bertz CT molecular complexity index is 364. The van der Waals surface area contributed by atoms with Gasteiger partial charge in [-0.25, -0.2) is 4.98 Å². The second kappa shape index (κ2) is 5.31. The molecule has 1 fully saturated rings. The van der Waals surface area contributed by atoms with E-state index in [0.717, 1.165) is 19.4 Å². The molecule has 1 amide bonds. The van der Waals surface area contributed by atoms with Gasteiger partial charge in [0.15, 0.2) is 0 Å². The lowest BCUT2D eigenvalue weighted by molar-refractivity contribution is -0.134. The Kier molecular flexibility index (Phi) is 3.78.